The molecule has 1 amide bonds. The molecule has 4 heteroatoms. The second-order valence-electron chi connectivity index (χ2n) is 4.42. The standard InChI is InChI=1S/C15H23NO3/c1-5-18-15(19-6-2)14(17)16(4)11-13-9-7-12(3)8-10-13/h7-10,15H,5-6,11H2,1-4H3. The Bertz CT molecular complexity index is 383. The third-order valence-corrected chi connectivity index (χ3v) is 2.75. The largest absolute Gasteiger partial charge is 0.345 e. The molecule has 0 fully saturated rings. The first kappa shape index (κ1) is 15.7. The molecule has 0 spiro atoms. The predicted octanol–water partition coefficient (Wildman–Crippen LogP) is 2.35. The smallest absolute Gasteiger partial charge is 0.279 e. The van der Waals surface area contributed by atoms with Gasteiger partial charge in [0.15, 0.2) is 0 Å². The van der Waals surface area contributed by atoms with Crippen LogP contribution in [0, 0.1) is 6.92 Å². The van der Waals surface area contributed by atoms with Crippen molar-refractivity contribution in [1.82, 2.24) is 4.90 Å². The Kier molecular flexibility index (Phi) is 6.53. The van der Waals surface area contributed by atoms with Crippen LogP contribution in [0.15, 0.2) is 24.3 Å². The van der Waals surface area contributed by atoms with Gasteiger partial charge in [0.25, 0.3) is 5.91 Å². The molecule has 0 saturated heterocycles. The zero-order valence-electron chi connectivity index (χ0n) is 12.2. The Morgan fingerprint density at radius 2 is 1.68 bits per heavy atom. The van der Waals surface area contributed by atoms with Crippen LogP contribution in [0.25, 0.3) is 0 Å². The average molecular weight is 265 g/mol. The van der Waals surface area contributed by atoms with E-state index >= 15 is 0 Å². The Hall–Kier alpha value is -1.39. The highest BCUT2D eigenvalue weighted by Gasteiger charge is 2.22. The number of nitrogens with zero attached hydrogens (tertiary/aromatic N) is 1. The molecular formula is C15H23NO3. The van der Waals surface area contributed by atoms with Gasteiger partial charge < -0.3 is 14.4 Å². The summed E-state index contributed by atoms with van der Waals surface area (Å²) in [6, 6.07) is 8.12. The van der Waals surface area contributed by atoms with E-state index in [9.17, 15) is 4.79 Å². The zero-order chi connectivity index (χ0) is 14.3. The number of aryl methyl sites for hydroxylation is 1. The fourth-order valence-corrected chi connectivity index (χ4v) is 1.72. The molecule has 0 atom stereocenters. The van der Waals surface area contributed by atoms with Crippen molar-refractivity contribution >= 4 is 5.91 Å². The lowest BCUT2D eigenvalue weighted by atomic mass is 10.1. The number of hydrogen-bond donors (Lipinski definition) is 0. The van der Waals surface area contributed by atoms with Crippen molar-refractivity contribution in [3.05, 3.63) is 35.4 Å². The first-order chi connectivity index (χ1) is 9.08. The van der Waals surface area contributed by atoms with E-state index < -0.39 is 6.29 Å². The van der Waals surface area contributed by atoms with Gasteiger partial charge in [-0.3, -0.25) is 4.79 Å². The van der Waals surface area contributed by atoms with Crippen LogP contribution < -0.4 is 0 Å². The fourth-order valence-electron chi connectivity index (χ4n) is 1.72. The van der Waals surface area contributed by atoms with Gasteiger partial charge >= 0.3 is 0 Å². The van der Waals surface area contributed by atoms with Gasteiger partial charge in [0.2, 0.25) is 6.29 Å². The molecule has 0 unspecified atom stereocenters. The molecule has 0 aliphatic carbocycles. The first-order valence-corrected chi connectivity index (χ1v) is 6.62. The summed E-state index contributed by atoms with van der Waals surface area (Å²) in [5.74, 6) is -0.149. The summed E-state index contributed by atoms with van der Waals surface area (Å²) in [6.45, 7) is 7.19. The van der Waals surface area contributed by atoms with Crippen LogP contribution in [-0.2, 0) is 20.8 Å². The number of rotatable bonds is 7. The number of carbonyl (C=O) groups is 1. The Morgan fingerprint density at radius 3 is 2.16 bits per heavy atom. The van der Waals surface area contributed by atoms with Gasteiger partial charge in [-0.25, -0.2) is 0 Å². The molecule has 0 bridgehead atoms. The Labute approximate surface area is 115 Å². The average Bonchev–Trinajstić information content (AvgIpc) is 2.40. The summed E-state index contributed by atoms with van der Waals surface area (Å²) < 4.78 is 10.6. The lowest BCUT2D eigenvalue weighted by Gasteiger charge is -2.23. The van der Waals surface area contributed by atoms with E-state index in [1.807, 2.05) is 45.0 Å². The van der Waals surface area contributed by atoms with Crippen molar-refractivity contribution in [2.24, 2.45) is 0 Å². The van der Waals surface area contributed by atoms with E-state index in [4.69, 9.17) is 9.47 Å². The van der Waals surface area contributed by atoms with Gasteiger partial charge in [0.05, 0.1) is 0 Å². The highest BCUT2D eigenvalue weighted by Crippen LogP contribution is 2.08. The van der Waals surface area contributed by atoms with Crippen LogP contribution in [0.3, 0.4) is 0 Å². The van der Waals surface area contributed by atoms with Gasteiger partial charge in [0.1, 0.15) is 0 Å². The van der Waals surface area contributed by atoms with Crippen molar-refractivity contribution in [2.45, 2.75) is 33.6 Å². The van der Waals surface area contributed by atoms with E-state index in [2.05, 4.69) is 0 Å². The molecule has 0 heterocycles. The van der Waals surface area contributed by atoms with Crippen LogP contribution in [0.4, 0.5) is 0 Å². The lowest BCUT2D eigenvalue weighted by Crippen LogP contribution is -2.39. The normalized spacial score (nSPS) is 10.8. The molecule has 1 rings (SSSR count). The zero-order valence-corrected chi connectivity index (χ0v) is 12.2. The Balaban J connectivity index is 2.62. The van der Waals surface area contributed by atoms with E-state index in [0.29, 0.717) is 19.8 Å². The summed E-state index contributed by atoms with van der Waals surface area (Å²) >= 11 is 0. The van der Waals surface area contributed by atoms with Crippen molar-refractivity contribution in [2.75, 3.05) is 20.3 Å². The molecule has 0 aromatic heterocycles. The van der Waals surface area contributed by atoms with E-state index in [0.717, 1.165) is 5.56 Å². The number of likely N-dealkylation sites (N-methyl/N-ethyl adjacent to an activating group) is 1. The van der Waals surface area contributed by atoms with Gasteiger partial charge in [-0.15, -0.1) is 0 Å². The third kappa shape index (κ3) is 5.01. The molecule has 1 aromatic carbocycles. The summed E-state index contributed by atoms with van der Waals surface area (Å²) in [4.78, 5) is 13.8. The molecule has 0 radical (unpaired) electrons. The SMILES string of the molecule is CCOC(OCC)C(=O)N(C)Cc1ccc(C)cc1. The minimum Gasteiger partial charge on any atom is -0.345 e. The number of carbonyl (C=O) groups excluding carboxylic acids is 1. The first-order valence-electron chi connectivity index (χ1n) is 6.62. The highest BCUT2D eigenvalue weighted by atomic mass is 16.7. The maximum absolute atomic E-state index is 12.2. The van der Waals surface area contributed by atoms with Gasteiger partial charge in [-0.2, -0.15) is 0 Å². The molecule has 0 aliphatic heterocycles. The van der Waals surface area contributed by atoms with Crippen LogP contribution in [0.2, 0.25) is 0 Å². The quantitative estimate of drug-likeness (QED) is 0.710. The van der Waals surface area contributed by atoms with E-state index in [1.54, 1.807) is 11.9 Å². The summed E-state index contributed by atoms with van der Waals surface area (Å²) in [5.41, 5.74) is 2.30. The van der Waals surface area contributed by atoms with Gasteiger partial charge in [0, 0.05) is 26.8 Å². The number of amides is 1. The predicted molar refractivity (Wildman–Crippen MR) is 74.7 cm³/mol. The Morgan fingerprint density at radius 1 is 1.16 bits per heavy atom. The van der Waals surface area contributed by atoms with Crippen LogP contribution >= 0.6 is 0 Å². The molecule has 0 N–H and O–H groups in total. The maximum atomic E-state index is 12.2. The van der Waals surface area contributed by atoms with Gasteiger partial charge in [-0.05, 0) is 26.3 Å². The second-order valence-corrected chi connectivity index (χ2v) is 4.42. The lowest BCUT2D eigenvalue weighted by molar-refractivity contribution is -0.179. The van der Waals surface area contributed by atoms with Crippen LogP contribution in [0.1, 0.15) is 25.0 Å². The highest BCUT2D eigenvalue weighted by molar-refractivity contribution is 5.79. The molecule has 1 aromatic rings. The summed E-state index contributed by atoms with van der Waals surface area (Å²) in [7, 11) is 1.76. The second kappa shape index (κ2) is 7.92. The molecule has 0 saturated carbocycles. The molecule has 106 valence electrons. The van der Waals surface area contributed by atoms with Crippen molar-refractivity contribution in [3.8, 4) is 0 Å². The summed E-state index contributed by atoms with van der Waals surface area (Å²) in [5, 5.41) is 0. The van der Waals surface area contributed by atoms with E-state index in [1.165, 1.54) is 5.56 Å². The fraction of sp³-hybridized carbons (Fsp3) is 0.533. The molecule has 4 nitrogen and oxygen atoms in total. The topological polar surface area (TPSA) is 38.8 Å². The minimum atomic E-state index is -0.801. The maximum Gasteiger partial charge on any atom is 0.279 e. The third-order valence-electron chi connectivity index (χ3n) is 2.75. The molecular weight excluding hydrogens is 242 g/mol. The minimum absolute atomic E-state index is 0.149. The van der Waals surface area contributed by atoms with Crippen molar-refractivity contribution in [1.29, 1.82) is 0 Å². The number of hydrogen-bond acceptors (Lipinski definition) is 3. The number of ether oxygens (including phenoxy) is 2. The van der Waals surface area contributed by atoms with Crippen molar-refractivity contribution in [3.63, 3.8) is 0 Å². The molecule has 0 aliphatic rings. The molecule has 19 heavy (non-hydrogen) atoms. The van der Waals surface area contributed by atoms with E-state index in [-0.39, 0.29) is 5.91 Å². The monoisotopic (exact) mass is 265 g/mol. The van der Waals surface area contributed by atoms with Gasteiger partial charge in [-0.1, -0.05) is 29.8 Å². The summed E-state index contributed by atoms with van der Waals surface area (Å²) in [6.07, 6.45) is -0.801. The number of benzene rings is 1. The van der Waals surface area contributed by atoms with Crippen molar-refractivity contribution < 1.29 is 14.3 Å². The van der Waals surface area contributed by atoms with Crippen LogP contribution in [-0.4, -0.2) is 37.4 Å². The van der Waals surface area contributed by atoms with Crippen LogP contribution in [0.5, 0.6) is 0 Å².